The fraction of sp³-hybridized carbons (Fsp3) is 0.778. The third kappa shape index (κ3) is 4.81. The molecule has 1 fully saturated rings. The third-order valence-electron chi connectivity index (χ3n) is 2.14. The van der Waals surface area contributed by atoms with Crippen molar-refractivity contribution in [3.63, 3.8) is 0 Å². The molecule has 0 unspecified atom stereocenters. The van der Waals surface area contributed by atoms with Crippen molar-refractivity contribution in [2.45, 2.75) is 12.8 Å². The van der Waals surface area contributed by atoms with Gasteiger partial charge in [0.05, 0.1) is 13.1 Å². The van der Waals surface area contributed by atoms with Gasteiger partial charge in [-0.1, -0.05) is 0 Å². The topological polar surface area (TPSA) is 70.2 Å². The van der Waals surface area contributed by atoms with Crippen molar-refractivity contribution in [2.75, 3.05) is 26.7 Å². The van der Waals surface area contributed by atoms with Gasteiger partial charge in [-0.2, -0.15) is 0 Å². The van der Waals surface area contributed by atoms with E-state index < -0.39 is 0 Å². The quantitative estimate of drug-likeness (QED) is 0.506. The number of hydrogen-bond acceptors (Lipinski definition) is 3. The van der Waals surface area contributed by atoms with Gasteiger partial charge < -0.3 is 16.0 Å². The smallest absolute Gasteiger partial charge is 0.239 e. The molecular weight excluding hydrogens is 182 g/mol. The Hall–Kier alpha value is -1.10. The first kappa shape index (κ1) is 11.0. The molecule has 5 heteroatoms. The summed E-state index contributed by atoms with van der Waals surface area (Å²) in [6, 6.07) is 0. The Morgan fingerprint density at radius 2 is 1.93 bits per heavy atom. The van der Waals surface area contributed by atoms with Crippen LogP contribution in [0.25, 0.3) is 0 Å². The van der Waals surface area contributed by atoms with Crippen LogP contribution in [0.2, 0.25) is 0 Å². The molecule has 1 saturated carbocycles. The highest BCUT2D eigenvalue weighted by Crippen LogP contribution is 2.27. The maximum atomic E-state index is 11.1. The van der Waals surface area contributed by atoms with Gasteiger partial charge in [0.2, 0.25) is 11.8 Å². The molecule has 0 atom stereocenters. The zero-order chi connectivity index (χ0) is 10.4. The predicted molar refractivity (Wildman–Crippen MR) is 52.7 cm³/mol. The monoisotopic (exact) mass is 199 g/mol. The summed E-state index contributed by atoms with van der Waals surface area (Å²) in [6.07, 6.45) is 2.54. The van der Waals surface area contributed by atoms with Gasteiger partial charge in [0.1, 0.15) is 0 Å². The van der Waals surface area contributed by atoms with Crippen molar-refractivity contribution in [2.24, 2.45) is 5.92 Å². The summed E-state index contributed by atoms with van der Waals surface area (Å²) in [5.41, 5.74) is 0. The summed E-state index contributed by atoms with van der Waals surface area (Å²) in [5.74, 6) is 0.455. The van der Waals surface area contributed by atoms with E-state index in [4.69, 9.17) is 0 Å². The summed E-state index contributed by atoms with van der Waals surface area (Å²) in [4.78, 5) is 21.9. The van der Waals surface area contributed by atoms with Crippen molar-refractivity contribution >= 4 is 11.8 Å². The lowest BCUT2D eigenvalue weighted by atomic mass is 10.4. The predicted octanol–water partition coefficient (Wildman–Crippen LogP) is -1.15. The summed E-state index contributed by atoms with van der Waals surface area (Å²) in [7, 11) is 1.54. The average molecular weight is 199 g/mol. The molecule has 1 rings (SSSR count). The molecule has 0 aromatic heterocycles. The molecule has 5 nitrogen and oxygen atoms in total. The van der Waals surface area contributed by atoms with E-state index in [2.05, 4.69) is 16.0 Å². The number of likely N-dealkylation sites (N-methyl/N-ethyl adjacent to an activating group) is 1. The normalized spacial score (nSPS) is 14.9. The maximum absolute atomic E-state index is 11.1. The van der Waals surface area contributed by atoms with Crippen LogP contribution >= 0.6 is 0 Å². The van der Waals surface area contributed by atoms with Crippen molar-refractivity contribution in [1.82, 2.24) is 16.0 Å². The van der Waals surface area contributed by atoms with E-state index in [1.807, 2.05) is 0 Å². The van der Waals surface area contributed by atoms with Gasteiger partial charge in [0.15, 0.2) is 0 Å². The lowest BCUT2D eigenvalue weighted by molar-refractivity contribution is -0.125. The first-order valence-corrected chi connectivity index (χ1v) is 4.90. The molecule has 0 bridgehead atoms. The Bertz CT molecular complexity index is 214. The minimum absolute atomic E-state index is 0.0560. The van der Waals surface area contributed by atoms with Gasteiger partial charge in [0, 0.05) is 7.05 Å². The lowest BCUT2D eigenvalue weighted by Crippen LogP contribution is -2.40. The second-order valence-corrected chi connectivity index (χ2v) is 3.52. The van der Waals surface area contributed by atoms with Gasteiger partial charge in [-0.25, -0.2) is 0 Å². The van der Waals surface area contributed by atoms with E-state index in [1.165, 1.54) is 12.8 Å². The maximum Gasteiger partial charge on any atom is 0.239 e. The van der Waals surface area contributed by atoms with E-state index in [-0.39, 0.29) is 18.4 Å². The first-order chi connectivity index (χ1) is 6.72. The van der Waals surface area contributed by atoms with Crippen LogP contribution in [0.3, 0.4) is 0 Å². The summed E-state index contributed by atoms with van der Waals surface area (Å²) in [5, 5.41) is 7.99. The Kier molecular flexibility index (Phi) is 4.39. The van der Waals surface area contributed by atoms with Gasteiger partial charge in [-0.05, 0) is 25.3 Å². The highest BCUT2D eigenvalue weighted by Gasteiger charge is 2.20. The van der Waals surface area contributed by atoms with E-state index in [0.717, 1.165) is 12.5 Å². The SMILES string of the molecule is CNC(=O)CNC(=O)CNCC1CC1. The Labute approximate surface area is 83.6 Å². The van der Waals surface area contributed by atoms with Crippen LogP contribution in [0.15, 0.2) is 0 Å². The Balaban J connectivity index is 1.94. The molecule has 3 N–H and O–H groups in total. The van der Waals surface area contributed by atoms with Crippen molar-refractivity contribution in [1.29, 1.82) is 0 Å². The Morgan fingerprint density at radius 1 is 1.21 bits per heavy atom. The number of rotatable bonds is 6. The van der Waals surface area contributed by atoms with Crippen LogP contribution in [-0.2, 0) is 9.59 Å². The molecule has 1 aliphatic rings. The number of amides is 2. The minimum Gasteiger partial charge on any atom is -0.358 e. The summed E-state index contributed by atoms with van der Waals surface area (Å²) >= 11 is 0. The summed E-state index contributed by atoms with van der Waals surface area (Å²) in [6.45, 7) is 1.27. The number of carbonyl (C=O) groups is 2. The van der Waals surface area contributed by atoms with Crippen molar-refractivity contribution in [3.05, 3.63) is 0 Å². The van der Waals surface area contributed by atoms with Crippen LogP contribution in [-0.4, -0.2) is 38.5 Å². The van der Waals surface area contributed by atoms with Crippen molar-refractivity contribution < 1.29 is 9.59 Å². The van der Waals surface area contributed by atoms with Crippen molar-refractivity contribution in [3.8, 4) is 0 Å². The zero-order valence-electron chi connectivity index (χ0n) is 8.43. The van der Waals surface area contributed by atoms with Crippen LogP contribution in [0, 0.1) is 5.92 Å². The number of hydrogen-bond donors (Lipinski definition) is 3. The fourth-order valence-electron chi connectivity index (χ4n) is 1.04. The van der Waals surface area contributed by atoms with Crippen LogP contribution < -0.4 is 16.0 Å². The third-order valence-corrected chi connectivity index (χ3v) is 2.14. The number of carbonyl (C=O) groups excluding carboxylic acids is 2. The minimum atomic E-state index is -0.180. The summed E-state index contributed by atoms with van der Waals surface area (Å²) < 4.78 is 0. The molecule has 2 amide bonds. The van der Waals surface area contributed by atoms with E-state index >= 15 is 0 Å². The highest BCUT2D eigenvalue weighted by atomic mass is 16.2. The first-order valence-electron chi connectivity index (χ1n) is 4.90. The number of nitrogens with one attached hydrogen (secondary N) is 3. The molecule has 0 aromatic rings. The molecule has 0 radical (unpaired) electrons. The van der Waals surface area contributed by atoms with Gasteiger partial charge >= 0.3 is 0 Å². The molecule has 0 aromatic carbocycles. The van der Waals surface area contributed by atoms with E-state index in [9.17, 15) is 9.59 Å². The molecule has 14 heavy (non-hydrogen) atoms. The average Bonchev–Trinajstić information content (AvgIpc) is 2.98. The molecular formula is C9H17N3O2. The molecule has 0 spiro atoms. The van der Waals surface area contributed by atoms with E-state index in [0.29, 0.717) is 6.54 Å². The molecule has 0 heterocycles. The second kappa shape index (κ2) is 5.59. The van der Waals surface area contributed by atoms with Crippen LogP contribution in [0.4, 0.5) is 0 Å². The standard InChI is InChI=1S/C9H17N3O2/c1-10-8(13)6-12-9(14)5-11-4-7-2-3-7/h7,11H,2-6H2,1H3,(H,10,13)(H,12,14). The van der Waals surface area contributed by atoms with Crippen LogP contribution in [0.5, 0.6) is 0 Å². The van der Waals surface area contributed by atoms with Gasteiger partial charge in [0.25, 0.3) is 0 Å². The van der Waals surface area contributed by atoms with Gasteiger partial charge in [-0.3, -0.25) is 9.59 Å². The fourth-order valence-corrected chi connectivity index (χ4v) is 1.04. The molecule has 0 saturated heterocycles. The second-order valence-electron chi connectivity index (χ2n) is 3.52. The van der Waals surface area contributed by atoms with Crippen LogP contribution in [0.1, 0.15) is 12.8 Å². The highest BCUT2D eigenvalue weighted by molar-refractivity contribution is 5.85. The zero-order valence-corrected chi connectivity index (χ0v) is 8.43. The largest absolute Gasteiger partial charge is 0.358 e. The molecule has 80 valence electrons. The lowest BCUT2D eigenvalue weighted by Gasteiger charge is -2.05. The van der Waals surface area contributed by atoms with E-state index in [1.54, 1.807) is 7.05 Å². The molecule has 0 aliphatic heterocycles. The molecule has 1 aliphatic carbocycles. The van der Waals surface area contributed by atoms with Gasteiger partial charge in [-0.15, -0.1) is 0 Å². The Morgan fingerprint density at radius 3 is 2.50 bits per heavy atom.